The van der Waals surface area contributed by atoms with E-state index in [4.69, 9.17) is 4.42 Å². The predicted molar refractivity (Wildman–Crippen MR) is 63.8 cm³/mol. The van der Waals surface area contributed by atoms with E-state index in [1.807, 2.05) is 12.3 Å². The molecule has 2 heterocycles. The average molecular weight is 287 g/mol. The second-order valence-corrected chi connectivity index (χ2v) is 5.33. The summed E-state index contributed by atoms with van der Waals surface area (Å²) in [5.41, 5.74) is 0. The molecule has 0 spiro atoms. The Morgan fingerprint density at radius 2 is 2.40 bits per heavy atom. The van der Waals surface area contributed by atoms with Gasteiger partial charge in [-0.1, -0.05) is 0 Å². The Balaban J connectivity index is 1.83. The second kappa shape index (κ2) is 4.92. The Morgan fingerprint density at radius 3 is 3.00 bits per heavy atom. The van der Waals surface area contributed by atoms with Crippen LogP contribution in [0.3, 0.4) is 0 Å². The summed E-state index contributed by atoms with van der Waals surface area (Å²) in [6.07, 6.45) is 3.57. The number of thiazole rings is 1. The van der Waals surface area contributed by atoms with Gasteiger partial charge in [0.1, 0.15) is 10.8 Å². The molecule has 0 aromatic carbocycles. The Labute approximate surface area is 101 Å². The van der Waals surface area contributed by atoms with E-state index in [1.165, 1.54) is 4.88 Å². The number of aryl methyl sites for hydroxylation is 1. The molecule has 2 aromatic heterocycles. The lowest BCUT2D eigenvalue weighted by molar-refractivity contribution is 0.480. The molecule has 0 saturated heterocycles. The zero-order valence-electron chi connectivity index (χ0n) is 8.29. The lowest BCUT2D eigenvalue weighted by Crippen LogP contribution is -2.12. The van der Waals surface area contributed by atoms with Crippen molar-refractivity contribution in [3.05, 3.63) is 38.6 Å². The summed E-state index contributed by atoms with van der Waals surface area (Å²) < 4.78 is 6.29. The van der Waals surface area contributed by atoms with Crippen LogP contribution in [0.1, 0.15) is 15.6 Å². The maximum atomic E-state index is 5.28. The molecule has 0 bridgehead atoms. The highest BCUT2D eigenvalue weighted by molar-refractivity contribution is 9.10. The number of hydrogen-bond donors (Lipinski definition) is 1. The van der Waals surface area contributed by atoms with Gasteiger partial charge in [0.25, 0.3) is 0 Å². The summed E-state index contributed by atoms with van der Waals surface area (Å²) >= 11 is 5.12. The highest BCUT2D eigenvalue weighted by Gasteiger charge is 2.03. The van der Waals surface area contributed by atoms with Crippen molar-refractivity contribution in [2.24, 2.45) is 0 Å². The smallest absolute Gasteiger partial charge is 0.131 e. The zero-order chi connectivity index (χ0) is 10.7. The molecule has 0 unspecified atom stereocenters. The molecule has 3 nitrogen and oxygen atoms in total. The topological polar surface area (TPSA) is 38.1 Å². The molecular weight excluding hydrogens is 276 g/mol. The standard InChI is InChI=1S/C10H11BrN2OS/c1-7-4-13-10(15-7)6-12-5-9-8(11)2-3-14-9/h2-4,12H,5-6H2,1H3. The maximum Gasteiger partial charge on any atom is 0.131 e. The third-order valence-electron chi connectivity index (χ3n) is 1.92. The molecule has 2 aromatic rings. The van der Waals surface area contributed by atoms with Gasteiger partial charge in [-0.05, 0) is 28.9 Å². The van der Waals surface area contributed by atoms with Gasteiger partial charge in [-0.15, -0.1) is 11.3 Å². The molecule has 80 valence electrons. The number of aromatic nitrogens is 1. The van der Waals surface area contributed by atoms with Crippen LogP contribution in [-0.2, 0) is 13.1 Å². The van der Waals surface area contributed by atoms with Gasteiger partial charge in [0.2, 0.25) is 0 Å². The molecule has 0 saturated carbocycles. The normalized spacial score (nSPS) is 10.8. The second-order valence-electron chi connectivity index (χ2n) is 3.16. The van der Waals surface area contributed by atoms with Crippen molar-refractivity contribution in [2.75, 3.05) is 0 Å². The lowest BCUT2D eigenvalue weighted by Gasteiger charge is -1.99. The summed E-state index contributed by atoms with van der Waals surface area (Å²) in [7, 11) is 0. The van der Waals surface area contributed by atoms with E-state index in [-0.39, 0.29) is 0 Å². The molecule has 2 rings (SSSR count). The largest absolute Gasteiger partial charge is 0.467 e. The van der Waals surface area contributed by atoms with E-state index in [2.05, 4.69) is 33.2 Å². The van der Waals surface area contributed by atoms with Crippen molar-refractivity contribution < 1.29 is 4.42 Å². The van der Waals surface area contributed by atoms with Crippen molar-refractivity contribution in [3.63, 3.8) is 0 Å². The van der Waals surface area contributed by atoms with Crippen molar-refractivity contribution in [1.29, 1.82) is 0 Å². The van der Waals surface area contributed by atoms with Gasteiger partial charge in [-0.3, -0.25) is 0 Å². The number of nitrogens with zero attached hydrogens (tertiary/aromatic N) is 1. The average Bonchev–Trinajstić information content (AvgIpc) is 2.77. The van der Waals surface area contributed by atoms with Gasteiger partial charge >= 0.3 is 0 Å². The molecule has 0 aliphatic carbocycles. The van der Waals surface area contributed by atoms with Crippen LogP contribution in [0.2, 0.25) is 0 Å². The molecule has 0 radical (unpaired) electrons. The van der Waals surface area contributed by atoms with E-state index in [1.54, 1.807) is 17.6 Å². The highest BCUT2D eigenvalue weighted by atomic mass is 79.9. The Kier molecular flexibility index (Phi) is 3.56. The van der Waals surface area contributed by atoms with Gasteiger partial charge in [0.15, 0.2) is 0 Å². The van der Waals surface area contributed by atoms with Crippen molar-refractivity contribution in [3.8, 4) is 0 Å². The molecular formula is C10H11BrN2OS. The quantitative estimate of drug-likeness (QED) is 0.939. The van der Waals surface area contributed by atoms with Crippen LogP contribution in [0.15, 0.2) is 27.4 Å². The number of halogens is 1. The summed E-state index contributed by atoms with van der Waals surface area (Å²) in [5, 5.41) is 4.39. The summed E-state index contributed by atoms with van der Waals surface area (Å²) in [5.74, 6) is 0.920. The fourth-order valence-corrected chi connectivity index (χ4v) is 2.32. The van der Waals surface area contributed by atoms with Gasteiger partial charge in [-0.2, -0.15) is 0 Å². The number of hydrogen-bond acceptors (Lipinski definition) is 4. The molecule has 0 fully saturated rings. The van der Waals surface area contributed by atoms with Crippen LogP contribution in [0.4, 0.5) is 0 Å². The third-order valence-corrected chi connectivity index (χ3v) is 3.54. The van der Waals surface area contributed by atoms with Gasteiger partial charge in [0.05, 0.1) is 17.3 Å². The van der Waals surface area contributed by atoms with Crippen LogP contribution in [0.5, 0.6) is 0 Å². The van der Waals surface area contributed by atoms with Crippen molar-refractivity contribution >= 4 is 27.3 Å². The Morgan fingerprint density at radius 1 is 1.53 bits per heavy atom. The fraction of sp³-hybridized carbons (Fsp3) is 0.300. The molecule has 0 amide bonds. The SMILES string of the molecule is Cc1cnc(CNCc2occc2Br)s1. The third kappa shape index (κ3) is 2.90. The summed E-state index contributed by atoms with van der Waals surface area (Å²) in [6, 6.07) is 1.89. The first kappa shape index (κ1) is 10.9. The first-order valence-corrected chi connectivity index (χ1v) is 6.20. The zero-order valence-corrected chi connectivity index (χ0v) is 10.7. The summed E-state index contributed by atoms with van der Waals surface area (Å²) in [4.78, 5) is 5.51. The Hall–Kier alpha value is -0.650. The van der Waals surface area contributed by atoms with Crippen LogP contribution in [0, 0.1) is 6.92 Å². The lowest BCUT2D eigenvalue weighted by atomic mass is 10.4. The van der Waals surface area contributed by atoms with Gasteiger partial charge in [0, 0.05) is 17.6 Å². The number of nitrogens with one attached hydrogen (secondary N) is 1. The minimum absolute atomic E-state index is 0.714. The fourth-order valence-electron chi connectivity index (χ4n) is 1.22. The van der Waals surface area contributed by atoms with Crippen molar-refractivity contribution in [1.82, 2.24) is 10.3 Å². The van der Waals surface area contributed by atoms with E-state index < -0.39 is 0 Å². The number of rotatable bonds is 4. The van der Waals surface area contributed by atoms with Gasteiger partial charge < -0.3 is 9.73 Å². The van der Waals surface area contributed by atoms with E-state index >= 15 is 0 Å². The minimum atomic E-state index is 0.714. The van der Waals surface area contributed by atoms with Crippen molar-refractivity contribution in [2.45, 2.75) is 20.0 Å². The van der Waals surface area contributed by atoms with E-state index in [0.717, 1.165) is 21.8 Å². The molecule has 0 aliphatic rings. The van der Waals surface area contributed by atoms with Gasteiger partial charge in [-0.25, -0.2) is 4.98 Å². The first-order valence-electron chi connectivity index (χ1n) is 4.59. The molecule has 0 atom stereocenters. The van der Waals surface area contributed by atoms with E-state index in [0.29, 0.717) is 6.54 Å². The summed E-state index contributed by atoms with van der Waals surface area (Å²) in [6.45, 7) is 3.56. The Bertz CT molecular complexity index is 438. The van der Waals surface area contributed by atoms with Crippen LogP contribution in [-0.4, -0.2) is 4.98 Å². The first-order chi connectivity index (χ1) is 7.25. The van der Waals surface area contributed by atoms with Crippen LogP contribution < -0.4 is 5.32 Å². The van der Waals surface area contributed by atoms with Crippen LogP contribution >= 0.6 is 27.3 Å². The monoisotopic (exact) mass is 286 g/mol. The maximum absolute atomic E-state index is 5.28. The number of furan rings is 1. The molecule has 1 N–H and O–H groups in total. The molecule has 5 heteroatoms. The molecule has 15 heavy (non-hydrogen) atoms. The highest BCUT2D eigenvalue weighted by Crippen LogP contribution is 2.17. The minimum Gasteiger partial charge on any atom is -0.467 e. The van der Waals surface area contributed by atoms with Crippen LogP contribution in [0.25, 0.3) is 0 Å². The predicted octanol–water partition coefficient (Wildman–Crippen LogP) is 3.10. The van der Waals surface area contributed by atoms with E-state index in [9.17, 15) is 0 Å². The molecule has 0 aliphatic heterocycles.